The van der Waals surface area contributed by atoms with Gasteiger partial charge < -0.3 is 69.5 Å². The molecule has 1 saturated heterocycles. The first-order chi connectivity index (χ1) is 33.3. The van der Waals surface area contributed by atoms with Crippen LogP contribution in [0.1, 0.15) is 133 Å². The minimum Gasteiger partial charge on any atom is -0.481 e. The number of likely N-dealkylation sites (tertiary alicyclic amines) is 1. The van der Waals surface area contributed by atoms with Crippen molar-refractivity contribution in [2.75, 3.05) is 6.54 Å². The normalized spacial score (nSPS) is 16.9. The van der Waals surface area contributed by atoms with E-state index in [0.717, 1.165) is 4.90 Å². The molecule has 0 bridgehead atoms. The Kier molecular flexibility index (Phi) is 26.9. The van der Waals surface area contributed by atoms with Crippen molar-refractivity contribution in [3.05, 3.63) is 0 Å². The zero-order valence-corrected chi connectivity index (χ0v) is 43.3. The Labute approximate surface area is 421 Å². The van der Waals surface area contributed by atoms with Crippen LogP contribution in [0, 0.1) is 29.6 Å². The van der Waals surface area contributed by atoms with Gasteiger partial charge in [0.05, 0.1) is 18.9 Å². The Hall–Kier alpha value is -6.40. The maximum Gasteiger partial charge on any atom is 0.326 e. The number of amides is 10. The summed E-state index contributed by atoms with van der Waals surface area (Å²) >= 11 is 0. The van der Waals surface area contributed by atoms with Crippen molar-refractivity contribution in [3.63, 3.8) is 0 Å². The molecule has 1 fully saturated rings. The Balaban J connectivity index is 3.46. The number of nitrogens with zero attached hydrogens (tertiary/aromatic N) is 1. The summed E-state index contributed by atoms with van der Waals surface area (Å²) in [5, 5.41) is 36.5. The zero-order valence-electron chi connectivity index (χ0n) is 43.3. The first-order valence-electron chi connectivity index (χ1n) is 24.5. The molecule has 9 atom stereocenters. The van der Waals surface area contributed by atoms with E-state index in [1.165, 1.54) is 0 Å². The van der Waals surface area contributed by atoms with Crippen LogP contribution in [0.4, 0.5) is 0 Å². The van der Waals surface area contributed by atoms with Crippen molar-refractivity contribution in [1.82, 2.24) is 42.1 Å². The maximum atomic E-state index is 14.3. The van der Waals surface area contributed by atoms with Crippen LogP contribution in [-0.4, -0.2) is 147 Å². The molecule has 72 heavy (non-hydrogen) atoms. The summed E-state index contributed by atoms with van der Waals surface area (Å²) in [5.74, 6) is -12.5. The SMILES string of the molecule is CC(C)C[C@H](NC(=O)[C@H](CC(C)C)NC(=O)[C@@H](N)CC(=O)O)C(=O)N[C@@H](CCC(N)=O)C(=O)N[C@@H](CC(N)=O)C(=O)N1CCC[C@H]1C(=O)N[C@@H](CC(C)C)C(=O)N[C@@H](CC(C)C)C(=O)N[C@H](C(=O)O)C(C)C. The van der Waals surface area contributed by atoms with Gasteiger partial charge in [-0.3, -0.25) is 52.7 Å². The van der Waals surface area contributed by atoms with Gasteiger partial charge in [0, 0.05) is 13.0 Å². The molecule has 0 spiro atoms. The van der Waals surface area contributed by atoms with Crippen molar-refractivity contribution in [2.45, 2.75) is 188 Å². The molecular weight excluding hydrogens is 943 g/mol. The second kappa shape index (κ2) is 30.5. The summed E-state index contributed by atoms with van der Waals surface area (Å²) in [7, 11) is 0. The highest BCUT2D eigenvalue weighted by atomic mass is 16.4. The van der Waals surface area contributed by atoms with Crippen molar-refractivity contribution >= 4 is 71.0 Å². The first kappa shape index (κ1) is 63.6. The number of carbonyl (C=O) groups excluding carboxylic acids is 10. The number of carboxylic acids is 2. The molecule has 1 aliphatic rings. The molecule has 0 unspecified atom stereocenters. The average Bonchev–Trinajstić information content (AvgIpc) is 3.74. The molecule has 1 rings (SSSR count). The van der Waals surface area contributed by atoms with Crippen LogP contribution in [0.5, 0.6) is 0 Å². The zero-order chi connectivity index (χ0) is 55.3. The molecule has 0 radical (unpaired) electrons. The highest BCUT2D eigenvalue weighted by molar-refractivity contribution is 5.99. The van der Waals surface area contributed by atoms with E-state index in [1.54, 1.807) is 55.4 Å². The lowest BCUT2D eigenvalue weighted by molar-refractivity contribution is -0.144. The molecule has 0 aliphatic carbocycles. The van der Waals surface area contributed by atoms with E-state index in [9.17, 15) is 62.6 Å². The third-order valence-electron chi connectivity index (χ3n) is 11.5. The summed E-state index contributed by atoms with van der Waals surface area (Å²) in [4.78, 5) is 158. The third-order valence-corrected chi connectivity index (χ3v) is 11.5. The lowest BCUT2D eigenvalue weighted by atomic mass is 9.98. The van der Waals surface area contributed by atoms with Crippen molar-refractivity contribution in [1.29, 1.82) is 0 Å². The largest absolute Gasteiger partial charge is 0.481 e. The summed E-state index contributed by atoms with van der Waals surface area (Å²) < 4.78 is 0. The predicted molar refractivity (Wildman–Crippen MR) is 261 cm³/mol. The van der Waals surface area contributed by atoms with Gasteiger partial charge in [-0.05, 0) is 74.5 Å². The van der Waals surface area contributed by atoms with Crippen LogP contribution < -0.4 is 54.4 Å². The van der Waals surface area contributed by atoms with E-state index in [-0.39, 0.29) is 68.7 Å². The number of primary amides is 2. The number of rotatable bonds is 32. The average molecular weight is 1020 g/mol. The van der Waals surface area contributed by atoms with Gasteiger partial charge in [-0.1, -0.05) is 69.2 Å². The summed E-state index contributed by atoms with van der Waals surface area (Å²) in [6.45, 7) is 17.4. The number of aliphatic carboxylic acids is 2. The van der Waals surface area contributed by atoms with E-state index in [0.29, 0.717) is 0 Å². The monoisotopic (exact) mass is 1020 g/mol. The number of carboxylic acid groups (broad SMARTS) is 2. The maximum absolute atomic E-state index is 14.3. The number of nitrogens with one attached hydrogen (secondary N) is 7. The summed E-state index contributed by atoms with van der Waals surface area (Å²) in [6.07, 6.45) is -1.65. The van der Waals surface area contributed by atoms with Gasteiger partial charge in [-0.2, -0.15) is 0 Å². The fourth-order valence-electron chi connectivity index (χ4n) is 7.96. The molecule has 25 nitrogen and oxygen atoms in total. The molecule has 0 aromatic heterocycles. The molecule has 0 saturated carbocycles. The van der Waals surface area contributed by atoms with Gasteiger partial charge in [-0.25, -0.2) is 4.79 Å². The van der Waals surface area contributed by atoms with Gasteiger partial charge in [0.15, 0.2) is 0 Å². The lowest BCUT2D eigenvalue weighted by Crippen LogP contribution is -2.61. The molecule has 10 amide bonds. The van der Waals surface area contributed by atoms with Gasteiger partial charge in [0.1, 0.15) is 48.3 Å². The fourth-order valence-corrected chi connectivity index (χ4v) is 7.96. The van der Waals surface area contributed by atoms with E-state index < -0.39 is 157 Å². The van der Waals surface area contributed by atoms with Crippen LogP contribution in [0.25, 0.3) is 0 Å². The Morgan fingerprint density at radius 2 is 0.903 bits per heavy atom. The molecule has 25 heteroatoms. The van der Waals surface area contributed by atoms with Crippen molar-refractivity contribution in [2.24, 2.45) is 46.8 Å². The number of hydrogen-bond acceptors (Lipinski definition) is 13. The van der Waals surface area contributed by atoms with E-state index in [1.807, 2.05) is 13.8 Å². The number of carbonyl (C=O) groups is 12. The van der Waals surface area contributed by atoms with Gasteiger partial charge in [0.2, 0.25) is 59.1 Å². The van der Waals surface area contributed by atoms with Crippen molar-refractivity contribution in [3.8, 4) is 0 Å². The third kappa shape index (κ3) is 22.8. The van der Waals surface area contributed by atoms with E-state index in [4.69, 9.17) is 22.3 Å². The Morgan fingerprint density at radius 1 is 0.514 bits per heavy atom. The summed E-state index contributed by atoms with van der Waals surface area (Å²) in [6, 6.07) is -12.2. The predicted octanol–water partition coefficient (Wildman–Crippen LogP) is -1.76. The lowest BCUT2D eigenvalue weighted by Gasteiger charge is -2.31. The smallest absolute Gasteiger partial charge is 0.326 e. The molecule has 0 aromatic carbocycles. The molecule has 408 valence electrons. The second-order valence-electron chi connectivity index (χ2n) is 20.5. The van der Waals surface area contributed by atoms with Gasteiger partial charge in [-0.15, -0.1) is 0 Å². The first-order valence-corrected chi connectivity index (χ1v) is 24.5. The standard InChI is InChI=1S/C47H81N11O14/c1-22(2)16-29(52-39(63)27(48)20-37(61)62)42(66)53-30(17-23(3)4)41(65)51-28(13-14-35(49)59)40(64)56-33(21-36(50)60)46(70)58-15-11-12-34(58)45(69)55-31(18-24(5)6)43(67)54-32(19-25(7)8)44(68)57-38(26(9)10)47(71)72/h22-34,38H,11-21,48H2,1-10H3,(H2,49,59)(H2,50,60)(H,51,65)(H,52,63)(H,53,66)(H,54,67)(H,55,69)(H,56,64)(H,57,68)(H,61,62)(H,71,72)/t27-,28-,29-,30-,31-,32-,33-,34-,38-/m0/s1. The van der Waals surface area contributed by atoms with Crippen LogP contribution in [0.3, 0.4) is 0 Å². The number of nitrogens with two attached hydrogens (primary N) is 3. The Morgan fingerprint density at radius 3 is 1.29 bits per heavy atom. The highest BCUT2D eigenvalue weighted by Crippen LogP contribution is 2.21. The number of hydrogen-bond donors (Lipinski definition) is 12. The fraction of sp³-hybridized carbons (Fsp3) is 0.745. The molecular formula is C47H81N11O14. The minimum atomic E-state index is -1.71. The highest BCUT2D eigenvalue weighted by Gasteiger charge is 2.41. The van der Waals surface area contributed by atoms with Gasteiger partial charge >= 0.3 is 11.9 Å². The van der Waals surface area contributed by atoms with E-state index >= 15 is 0 Å². The van der Waals surface area contributed by atoms with Crippen molar-refractivity contribution < 1.29 is 67.7 Å². The molecule has 0 aromatic rings. The minimum absolute atomic E-state index is 0.00284. The molecule has 1 heterocycles. The molecule has 1 aliphatic heterocycles. The van der Waals surface area contributed by atoms with Crippen LogP contribution in [-0.2, 0) is 57.5 Å². The topological polar surface area (TPSA) is 411 Å². The quantitative estimate of drug-likeness (QED) is 0.0355. The Bertz CT molecular complexity index is 1940. The summed E-state index contributed by atoms with van der Waals surface area (Å²) in [5.41, 5.74) is 16.6. The second-order valence-corrected chi connectivity index (χ2v) is 20.5. The molecule has 15 N–H and O–H groups in total. The van der Waals surface area contributed by atoms with Crippen LogP contribution in [0.2, 0.25) is 0 Å². The van der Waals surface area contributed by atoms with Crippen LogP contribution in [0.15, 0.2) is 0 Å². The van der Waals surface area contributed by atoms with Gasteiger partial charge in [0.25, 0.3) is 0 Å². The van der Waals surface area contributed by atoms with Crippen LogP contribution >= 0.6 is 0 Å². The van der Waals surface area contributed by atoms with E-state index in [2.05, 4.69) is 37.2 Å².